The van der Waals surface area contributed by atoms with Crippen LogP contribution in [0.1, 0.15) is 50.4 Å². The summed E-state index contributed by atoms with van der Waals surface area (Å²) in [5, 5.41) is 0. The number of nitrogens with two attached hydrogens (primary N) is 1. The van der Waals surface area contributed by atoms with E-state index >= 15 is 0 Å². The Labute approximate surface area is 154 Å². The van der Waals surface area contributed by atoms with Crippen molar-refractivity contribution in [2.24, 2.45) is 11.7 Å². The van der Waals surface area contributed by atoms with Gasteiger partial charge in [-0.15, -0.1) is 0 Å². The van der Waals surface area contributed by atoms with Crippen LogP contribution in [-0.4, -0.2) is 22.1 Å². The molecule has 1 fully saturated rings. The molecule has 2 heterocycles. The van der Waals surface area contributed by atoms with Gasteiger partial charge in [-0.05, 0) is 43.5 Å². The van der Waals surface area contributed by atoms with E-state index < -0.39 is 29.8 Å². The number of hydrogen-bond donors (Lipinski definition) is 1. The second-order valence-electron chi connectivity index (χ2n) is 7.24. The van der Waals surface area contributed by atoms with E-state index in [0.717, 1.165) is 25.3 Å². The molecule has 8 heteroatoms. The summed E-state index contributed by atoms with van der Waals surface area (Å²) in [7, 11) is 0. The highest BCUT2D eigenvalue weighted by atomic mass is 19.3. The lowest BCUT2D eigenvalue weighted by Gasteiger charge is -2.25. The van der Waals surface area contributed by atoms with E-state index in [4.69, 9.17) is 10.5 Å². The largest absolute Gasteiger partial charge is 0.490 e. The first-order valence-electron chi connectivity index (χ1n) is 8.70. The van der Waals surface area contributed by atoms with E-state index in [1.54, 1.807) is 0 Å². The van der Waals surface area contributed by atoms with Crippen LogP contribution >= 0.6 is 0 Å². The molecule has 0 saturated heterocycles. The Kier molecular flexibility index (Phi) is 5.64. The summed E-state index contributed by atoms with van der Waals surface area (Å²) >= 11 is 0. The van der Waals surface area contributed by atoms with Crippen molar-refractivity contribution >= 4 is 0 Å². The first-order chi connectivity index (χ1) is 12.7. The van der Waals surface area contributed by atoms with Crippen molar-refractivity contribution < 1.29 is 22.3 Å². The molecular formula is C19H21F4N3O. The Bertz CT molecular complexity index is 794. The maximum Gasteiger partial charge on any atom is 0.284 e. The van der Waals surface area contributed by atoms with Gasteiger partial charge in [0.1, 0.15) is 23.7 Å². The van der Waals surface area contributed by atoms with Gasteiger partial charge in [-0.25, -0.2) is 22.5 Å². The minimum atomic E-state index is -2.87. The molecule has 146 valence electrons. The number of rotatable bonds is 8. The molecule has 1 aliphatic rings. The molecule has 0 bridgehead atoms. The van der Waals surface area contributed by atoms with Crippen LogP contribution in [0.15, 0.2) is 30.5 Å². The summed E-state index contributed by atoms with van der Waals surface area (Å²) < 4.78 is 58.1. The molecule has 0 aromatic carbocycles. The van der Waals surface area contributed by atoms with E-state index in [9.17, 15) is 17.6 Å². The number of nitrogens with zero attached hydrogens (tertiary/aromatic N) is 2. The van der Waals surface area contributed by atoms with E-state index in [1.807, 2.05) is 6.92 Å². The van der Waals surface area contributed by atoms with Crippen molar-refractivity contribution in [2.75, 3.05) is 6.61 Å². The normalized spacial score (nSPS) is 16.6. The highest BCUT2D eigenvalue weighted by Crippen LogP contribution is 2.37. The van der Waals surface area contributed by atoms with Gasteiger partial charge in [-0.2, -0.15) is 0 Å². The van der Waals surface area contributed by atoms with Crippen LogP contribution in [0.3, 0.4) is 0 Å². The number of alkyl halides is 4. The Hall–Kier alpha value is -2.22. The zero-order valence-corrected chi connectivity index (χ0v) is 14.8. The molecule has 4 nitrogen and oxygen atoms in total. The van der Waals surface area contributed by atoms with Crippen molar-refractivity contribution in [3.8, 4) is 17.0 Å². The van der Waals surface area contributed by atoms with Gasteiger partial charge < -0.3 is 10.5 Å². The molecule has 0 spiro atoms. The van der Waals surface area contributed by atoms with Gasteiger partial charge in [0.05, 0.1) is 5.69 Å². The fourth-order valence-electron chi connectivity index (χ4n) is 2.91. The predicted octanol–water partition coefficient (Wildman–Crippen LogP) is 4.92. The Morgan fingerprint density at radius 2 is 1.93 bits per heavy atom. The molecule has 0 unspecified atom stereocenters. The third-order valence-electron chi connectivity index (χ3n) is 4.40. The molecule has 2 N–H and O–H groups in total. The fraction of sp³-hybridized carbons (Fsp3) is 0.474. The maximum atomic E-state index is 13.5. The van der Waals surface area contributed by atoms with E-state index in [2.05, 4.69) is 9.97 Å². The van der Waals surface area contributed by atoms with Gasteiger partial charge in [0.2, 0.25) is 0 Å². The predicted molar refractivity (Wildman–Crippen MR) is 92.8 cm³/mol. The van der Waals surface area contributed by atoms with E-state index in [0.29, 0.717) is 5.92 Å². The highest BCUT2D eigenvalue weighted by Gasteiger charge is 2.31. The third kappa shape index (κ3) is 5.15. The van der Waals surface area contributed by atoms with Crippen LogP contribution in [0.4, 0.5) is 17.6 Å². The van der Waals surface area contributed by atoms with Crippen LogP contribution < -0.4 is 10.5 Å². The quantitative estimate of drug-likeness (QED) is 0.658. The molecular weight excluding hydrogens is 362 g/mol. The van der Waals surface area contributed by atoms with Gasteiger partial charge in [0.15, 0.2) is 0 Å². The minimum absolute atomic E-state index is 0.0515. The molecule has 1 atom stereocenters. The first-order valence-corrected chi connectivity index (χ1v) is 8.70. The van der Waals surface area contributed by atoms with Crippen molar-refractivity contribution in [2.45, 2.75) is 44.6 Å². The summed E-state index contributed by atoms with van der Waals surface area (Å²) in [5.74, 6) is 0.527. The summed E-state index contributed by atoms with van der Waals surface area (Å²) in [4.78, 5) is 7.49. The van der Waals surface area contributed by atoms with Crippen molar-refractivity contribution in [1.29, 1.82) is 0 Å². The lowest BCUT2D eigenvalue weighted by molar-refractivity contribution is 0.135. The van der Waals surface area contributed by atoms with Gasteiger partial charge >= 0.3 is 0 Å². The average Bonchev–Trinajstić information content (AvgIpc) is 3.43. The molecule has 1 aliphatic carbocycles. The Morgan fingerprint density at radius 1 is 1.19 bits per heavy atom. The monoisotopic (exact) mass is 383 g/mol. The van der Waals surface area contributed by atoms with Crippen molar-refractivity contribution in [1.82, 2.24) is 9.97 Å². The van der Waals surface area contributed by atoms with Crippen molar-refractivity contribution in [3.05, 3.63) is 41.9 Å². The standard InChI is InChI=1S/C19H21F4N3O/c1-19(24,9-11-2-3-11)10-27-15-5-4-13(26-16(15)18(22)23)12-6-7-25-14(8-12)17(20)21/h4-8,11,17-18H,2-3,9-10,24H2,1H3/t19-/m0/s1. The van der Waals surface area contributed by atoms with E-state index in [1.165, 1.54) is 24.4 Å². The number of aromatic nitrogens is 2. The summed E-state index contributed by atoms with van der Waals surface area (Å²) in [6.07, 6.45) is -1.38. The maximum absolute atomic E-state index is 13.5. The zero-order chi connectivity index (χ0) is 19.6. The number of ether oxygens (including phenoxy) is 1. The van der Waals surface area contributed by atoms with Gasteiger partial charge in [0.25, 0.3) is 12.9 Å². The lowest BCUT2D eigenvalue weighted by Crippen LogP contribution is -2.43. The van der Waals surface area contributed by atoms with Crippen LogP contribution in [0.2, 0.25) is 0 Å². The topological polar surface area (TPSA) is 61.0 Å². The molecule has 0 amide bonds. The number of pyridine rings is 2. The minimum Gasteiger partial charge on any atom is -0.490 e. The summed E-state index contributed by atoms with van der Waals surface area (Å²) in [5.41, 5.74) is 5.03. The van der Waals surface area contributed by atoms with Crippen LogP contribution in [-0.2, 0) is 0 Å². The summed E-state index contributed by atoms with van der Waals surface area (Å²) in [6.45, 7) is 1.92. The molecule has 1 saturated carbocycles. The van der Waals surface area contributed by atoms with Gasteiger partial charge in [0, 0.05) is 17.3 Å². The van der Waals surface area contributed by atoms with Crippen LogP contribution in [0, 0.1) is 5.92 Å². The third-order valence-corrected chi connectivity index (χ3v) is 4.40. The Morgan fingerprint density at radius 3 is 2.56 bits per heavy atom. The smallest absolute Gasteiger partial charge is 0.284 e. The number of halogens is 4. The molecule has 0 radical (unpaired) electrons. The second-order valence-corrected chi connectivity index (χ2v) is 7.24. The van der Waals surface area contributed by atoms with Crippen molar-refractivity contribution in [3.63, 3.8) is 0 Å². The molecule has 3 rings (SSSR count). The SMILES string of the molecule is C[C@@](N)(COc1ccc(-c2ccnc(C(F)F)c2)nc1C(F)F)CC1CC1. The average molecular weight is 383 g/mol. The number of hydrogen-bond acceptors (Lipinski definition) is 4. The highest BCUT2D eigenvalue weighted by molar-refractivity contribution is 5.60. The zero-order valence-electron chi connectivity index (χ0n) is 14.8. The van der Waals surface area contributed by atoms with Crippen LogP contribution in [0.25, 0.3) is 11.3 Å². The van der Waals surface area contributed by atoms with Crippen LogP contribution in [0.5, 0.6) is 5.75 Å². The molecule has 2 aromatic heterocycles. The lowest BCUT2D eigenvalue weighted by atomic mass is 9.97. The first kappa shape index (κ1) is 19.5. The fourth-order valence-corrected chi connectivity index (χ4v) is 2.91. The molecule has 0 aliphatic heterocycles. The summed E-state index contributed by atoms with van der Waals surface area (Å²) in [6, 6.07) is 5.41. The Balaban J connectivity index is 1.81. The molecule has 2 aromatic rings. The second kappa shape index (κ2) is 7.80. The van der Waals surface area contributed by atoms with Gasteiger partial charge in [-0.1, -0.05) is 12.8 Å². The van der Waals surface area contributed by atoms with E-state index in [-0.39, 0.29) is 23.6 Å². The van der Waals surface area contributed by atoms with Gasteiger partial charge in [-0.3, -0.25) is 4.98 Å². The molecule has 27 heavy (non-hydrogen) atoms.